The van der Waals surface area contributed by atoms with Crippen molar-refractivity contribution in [3.8, 4) is 11.1 Å². The zero-order valence-electron chi connectivity index (χ0n) is 17.8. The Labute approximate surface area is 191 Å². The van der Waals surface area contributed by atoms with E-state index in [9.17, 15) is 14.9 Å². The molecule has 1 aromatic heterocycles. The van der Waals surface area contributed by atoms with Crippen LogP contribution in [0, 0.1) is 10.1 Å². The summed E-state index contributed by atoms with van der Waals surface area (Å²) in [7, 11) is 0. The van der Waals surface area contributed by atoms with Crippen LogP contribution in [-0.2, 0) is 17.9 Å². The Balaban J connectivity index is 1.38. The van der Waals surface area contributed by atoms with Crippen molar-refractivity contribution >= 4 is 17.3 Å². The molecule has 2 N–H and O–H groups in total. The molecule has 8 heteroatoms. The van der Waals surface area contributed by atoms with Crippen LogP contribution in [0.2, 0.25) is 0 Å². The van der Waals surface area contributed by atoms with Crippen molar-refractivity contribution in [1.29, 1.82) is 0 Å². The monoisotopic (exact) mass is 441 g/mol. The minimum Gasteiger partial charge on any atom is -0.371 e. The second kappa shape index (κ2) is 10.2. The van der Waals surface area contributed by atoms with E-state index in [1.165, 1.54) is 6.07 Å². The molecule has 0 bridgehead atoms. The molecule has 3 aromatic carbocycles. The van der Waals surface area contributed by atoms with E-state index in [2.05, 4.69) is 40.0 Å². The summed E-state index contributed by atoms with van der Waals surface area (Å²) in [5.41, 5.74) is 4.47. The predicted octanol–water partition coefficient (Wildman–Crippen LogP) is 4.23. The average molecular weight is 441 g/mol. The van der Waals surface area contributed by atoms with Gasteiger partial charge in [0.25, 0.3) is 5.69 Å². The maximum Gasteiger partial charge on any atom is 0.292 e. The van der Waals surface area contributed by atoms with Crippen LogP contribution in [0.15, 0.2) is 91.3 Å². The van der Waals surface area contributed by atoms with Crippen LogP contribution >= 0.6 is 0 Å². The smallest absolute Gasteiger partial charge is 0.292 e. The number of amides is 1. The second-order valence-corrected chi connectivity index (χ2v) is 7.46. The van der Waals surface area contributed by atoms with Gasteiger partial charge in [-0.25, -0.2) is 0 Å². The van der Waals surface area contributed by atoms with E-state index < -0.39 is 4.92 Å². The number of hydrogen-bond acceptors (Lipinski definition) is 5. The summed E-state index contributed by atoms with van der Waals surface area (Å²) in [6.45, 7) is 0.995. The Bertz CT molecular complexity index is 1240. The Morgan fingerprint density at radius 2 is 1.73 bits per heavy atom. The topological polar surface area (TPSA) is 102 Å². The van der Waals surface area contributed by atoms with Gasteiger partial charge in [-0.2, -0.15) is 5.10 Å². The minimum absolute atomic E-state index is 0.0604. The summed E-state index contributed by atoms with van der Waals surface area (Å²) in [4.78, 5) is 23.0. The van der Waals surface area contributed by atoms with Gasteiger partial charge in [-0.05, 0) is 34.4 Å². The van der Waals surface area contributed by atoms with Crippen molar-refractivity contribution in [3.63, 3.8) is 0 Å². The van der Waals surface area contributed by atoms with Gasteiger partial charge >= 0.3 is 0 Å². The average Bonchev–Trinajstić information content (AvgIpc) is 3.35. The van der Waals surface area contributed by atoms with Crippen molar-refractivity contribution in [3.05, 3.63) is 112 Å². The molecule has 166 valence electrons. The molecule has 0 atom stereocenters. The van der Waals surface area contributed by atoms with E-state index in [1.807, 2.05) is 41.2 Å². The first-order valence-corrected chi connectivity index (χ1v) is 10.5. The zero-order valence-corrected chi connectivity index (χ0v) is 17.8. The molecule has 4 rings (SSSR count). The molecule has 33 heavy (non-hydrogen) atoms. The molecule has 8 nitrogen and oxygen atoms in total. The Hall–Kier alpha value is -4.46. The van der Waals surface area contributed by atoms with Gasteiger partial charge in [0.05, 0.1) is 18.0 Å². The third-order valence-corrected chi connectivity index (χ3v) is 5.20. The van der Waals surface area contributed by atoms with Crippen LogP contribution in [0.4, 0.5) is 11.4 Å². The fourth-order valence-corrected chi connectivity index (χ4v) is 3.54. The summed E-state index contributed by atoms with van der Waals surface area (Å²) >= 11 is 0. The number of carbonyl (C=O) groups excluding carboxylic acids is 1. The molecule has 0 unspecified atom stereocenters. The van der Waals surface area contributed by atoms with Gasteiger partial charge in [0.2, 0.25) is 5.91 Å². The Morgan fingerprint density at radius 1 is 0.970 bits per heavy atom. The van der Waals surface area contributed by atoms with Gasteiger partial charge in [0, 0.05) is 25.0 Å². The van der Waals surface area contributed by atoms with Crippen molar-refractivity contribution in [2.75, 3.05) is 11.9 Å². The third kappa shape index (κ3) is 5.62. The highest BCUT2D eigenvalue weighted by Gasteiger charge is 2.13. The first-order chi connectivity index (χ1) is 16.1. The maximum atomic E-state index is 12.4. The lowest BCUT2D eigenvalue weighted by Gasteiger charge is -2.12. The van der Waals surface area contributed by atoms with E-state index in [1.54, 1.807) is 24.4 Å². The summed E-state index contributed by atoms with van der Waals surface area (Å²) < 4.78 is 1.87. The molecule has 0 saturated heterocycles. The van der Waals surface area contributed by atoms with Crippen molar-refractivity contribution < 1.29 is 9.72 Å². The maximum absolute atomic E-state index is 12.4. The number of aromatic nitrogens is 2. The molecule has 0 aliphatic rings. The molecule has 0 aliphatic carbocycles. The number of nitro groups is 1. The molecular weight excluding hydrogens is 418 g/mol. The fourth-order valence-electron chi connectivity index (χ4n) is 3.54. The van der Waals surface area contributed by atoms with Crippen LogP contribution in [0.1, 0.15) is 11.1 Å². The van der Waals surface area contributed by atoms with Gasteiger partial charge in [0.1, 0.15) is 5.69 Å². The zero-order chi connectivity index (χ0) is 23.0. The third-order valence-electron chi connectivity index (χ3n) is 5.20. The summed E-state index contributed by atoms with van der Waals surface area (Å²) in [5.74, 6) is -0.252. The van der Waals surface area contributed by atoms with Crippen LogP contribution < -0.4 is 10.6 Å². The Kier molecular flexibility index (Phi) is 6.75. The first-order valence-electron chi connectivity index (χ1n) is 10.5. The second-order valence-electron chi connectivity index (χ2n) is 7.46. The van der Waals surface area contributed by atoms with Crippen LogP contribution in [0.5, 0.6) is 0 Å². The van der Waals surface area contributed by atoms with Gasteiger partial charge in [-0.3, -0.25) is 19.6 Å². The highest BCUT2D eigenvalue weighted by atomic mass is 16.6. The van der Waals surface area contributed by atoms with E-state index in [4.69, 9.17) is 0 Å². The van der Waals surface area contributed by atoms with Crippen LogP contribution in [0.25, 0.3) is 11.1 Å². The molecule has 0 fully saturated rings. The lowest BCUT2D eigenvalue weighted by atomic mass is 9.98. The van der Waals surface area contributed by atoms with Gasteiger partial charge in [-0.1, -0.05) is 60.7 Å². The van der Waals surface area contributed by atoms with E-state index >= 15 is 0 Å². The number of carbonyl (C=O) groups is 1. The number of para-hydroxylation sites is 2. The molecule has 0 radical (unpaired) electrons. The Morgan fingerprint density at radius 3 is 2.48 bits per heavy atom. The molecule has 1 heterocycles. The van der Waals surface area contributed by atoms with E-state index in [0.717, 1.165) is 22.3 Å². The molecule has 0 aliphatic heterocycles. The molecule has 0 spiro atoms. The SMILES string of the molecule is O=C(CNc1ccccc1[N+](=O)[O-])NCc1ccccc1-c1ccc(Cn2cccn2)cc1. The van der Waals surface area contributed by atoms with Crippen molar-refractivity contribution in [2.24, 2.45) is 0 Å². The van der Waals surface area contributed by atoms with Gasteiger partial charge in [0.15, 0.2) is 0 Å². The largest absolute Gasteiger partial charge is 0.371 e. The minimum atomic E-state index is -0.475. The normalized spacial score (nSPS) is 10.5. The molecular formula is C25H23N5O3. The predicted molar refractivity (Wildman–Crippen MR) is 127 cm³/mol. The lowest BCUT2D eigenvalue weighted by molar-refractivity contribution is -0.383. The molecule has 1 amide bonds. The number of anilines is 1. The number of rotatable bonds is 9. The fraction of sp³-hybridized carbons (Fsp3) is 0.120. The van der Waals surface area contributed by atoms with Crippen molar-refractivity contribution in [2.45, 2.75) is 13.1 Å². The quantitative estimate of drug-likeness (QED) is 0.299. The first kappa shape index (κ1) is 21.8. The number of nitrogens with zero attached hydrogens (tertiary/aromatic N) is 3. The summed E-state index contributed by atoms with van der Waals surface area (Å²) in [5, 5.41) is 21.1. The van der Waals surface area contributed by atoms with Crippen LogP contribution in [-0.4, -0.2) is 27.2 Å². The number of benzene rings is 3. The molecule has 0 saturated carbocycles. The molecule has 4 aromatic rings. The van der Waals surface area contributed by atoms with Gasteiger partial charge < -0.3 is 10.6 Å². The van der Waals surface area contributed by atoms with Crippen molar-refractivity contribution in [1.82, 2.24) is 15.1 Å². The van der Waals surface area contributed by atoms with E-state index in [-0.39, 0.29) is 18.1 Å². The highest BCUT2D eigenvalue weighted by Crippen LogP contribution is 2.25. The standard InChI is InChI=1S/C25H23N5O3/c31-25(17-26-23-8-3-4-9-24(23)30(32)33)27-16-21-6-1-2-7-22(21)20-12-10-19(11-13-20)18-29-15-5-14-28-29/h1-15,26H,16-18H2,(H,27,31). The number of nitrogens with one attached hydrogen (secondary N) is 2. The highest BCUT2D eigenvalue weighted by molar-refractivity contribution is 5.82. The number of nitro benzene ring substituents is 1. The van der Waals surface area contributed by atoms with Crippen LogP contribution in [0.3, 0.4) is 0 Å². The summed E-state index contributed by atoms with van der Waals surface area (Å²) in [6.07, 6.45) is 3.69. The van der Waals surface area contributed by atoms with E-state index in [0.29, 0.717) is 18.8 Å². The lowest BCUT2D eigenvalue weighted by Crippen LogP contribution is -2.29. The van der Waals surface area contributed by atoms with Gasteiger partial charge in [-0.15, -0.1) is 0 Å². The number of hydrogen-bond donors (Lipinski definition) is 2. The summed E-state index contributed by atoms with van der Waals surface area (Å²) in [6, 6.07) is 24.3.